The number of aromatic nitrogens is 2. The maximum Gasteiger partial charge on any atom is 0.273 e. The van der Waals surface area contributed by atoms with Gasteiger partial charge in [-0.15, -0.1) is 0 Å². The van der Waals surface area contributed by atoms with Crippen molar-refractivity contribution in [3.8, 4) is 22.8 Å². The zero-order valence-corrected chi connectivity index (χ0v) is 18.8. The number of rotatable bonds is 7. The molecule has 0 spiro atoms. The molecule has 2 aromatic carbocycles. The summed E-state index contributed by atoms with van der Waals surface area (Å²) in [5, 5.41) is 28.2. The number of nitrogens with one attached hydrogen (secondary N) is 1. The summed E-state index contributed by atoms with van der Waals surface area (Å²) in [6.07, 6.45) is 0.809. The number of phenols is 2. The molecule has 1 amide bonds. The van der Waals surface area contributed by atoms with E-state index in [2.05, 4.69) is 10.2 Å². The van der Waals surface area contributed by atoms with E-state index >= 15 is 0 Å². The predicted octanol–water partition coefficient (Wildman–Crippen LogP) is 4.47. The Morgan fingerprint density at radius 1 is 1.19 bits per heavy atom. The second kappa shape index (κ2) is 8.67. The minimum absolute atomic E-state index is 0.127. The van der Waals surface area contributed by atoms with Crippen molar-refractivity contribution in [2.45, 2.75) is 46.3 Å². The molecule has 3 aromatic rings. The third-order valence-corrected chi connectivity index (χ3v) is 5.74. The summed E-state index contributed by atoms with van der Waals surface area (Å²) in [7, 11) is 0. The van der Waals surface area contributed by atoms with E-state index in [1.165, 1.54) is 0 Å². The van der Waals surface area contributed by atoms with Crippen molar-refractivity contribution < 1.29 is 19.7 Å². The van der Waals surface area contributed by atoms with Gasteiger partial charge in [-0.2, -0.15) is 5.10 Å². The fourth-order valence-electron chi connectivity index (χ4n) is 4.37. The summed E-state index contributed by atoms with van der Waals surface area (Å²) in [6, 6.07) is 10.3. The maximum absolute atomic E-state index is 13.3. The van der Waals surface area contributed by atoms with Gasteiger partial charge in [-0.05, 0) is 69.0 Å². The van der Waals surface area contributed by atoms with Gasteiger partial charge in [-0.1, -0.05) is 18.2 Å². The van der Waals surface area contributed by atoms with Crippen molar-refractivity contribution in [3.63, 3.8) is 0 Å². The lowest BCUT2D eigenvalue weighted by molar-refractivity contribution is 0.0601. The quantitative estimate of drug-likeness (QED) is 0.476. The molecule has 168 valence electrons. The Kier molecular flexibility index (Phi) is 5.93. The Balaban J connectivity index is 1.80. The lowest BCUT2D eigenvalue weighted by Crippen LogP contribution is -2.31. The SMILES string of the molecule is Cc1cc(C)c(O)c(-c2n[nH]c3c2C(c2cccc(O)c2)N(CCCOC(C)C)C3=O)c1. The standard InChI is InChI=1S/C25H29N3O4/c1-14(2)32-10-6-9-28-23(17-7-5-8-18(29)13-17)20-21(26-27-22(20)25(28)31)19-12-15(3)11-16(4)24(19)30/h5,7-8,11-14,23,29-30H,6,9-10H2,1-4H3,(H,26,27). The molecule has 0 radical (unpaired) electrons. The van der Waals surface area contributed by atoms with Gasteiger partial charge in [-0.3, -0.25) is 9.89 Å². The minimum atomic E-state index is -0.433. The van der Waals surface area contributed by atoms with Crippen LogP contribution in [0.2, 0.25) is 0 Å². The molecule has 3 N–H and O–H groups in total. The fraction of sp³-hybridized carbons (Fsp3) is 0.360. The van der Waals surface area contributed by atoms with Gasteiger partial charge in [0.2, 0.25) is 0 Å². The predicted molar refractivity (Wildman–Crippen MR) is 122 cm³/mol. The van der Waals surface area contributed by atoms with E-state index in [1.807, 2.05) is 45.9 Å². The number of hydrogen-bond acceptors (Lipinski definition) is 5. The largest absolute Gasteiger partial charge is 0.508 e. The highest BCUT2D eigenvalue weighted by molar-refractivity contribution is 6.00. The second-order valence-electron chi connectivity index (χ2n) is 8.61. The first kappa shape index (κ1) is 21.9. The normalized spacial score (nSPS) is 15.6. The van der Waals surface area contributed by atoms with Crippen LogP contribution >= 0.6 is 0 Å². The molecule has 0 fully saturated rings. The van der Waals surface area contributed by atoms with E-state index in [-0.39, 0.29) is 23.5 Å². The number of carbonyl (C=O) groups excluding carboxylic acids is 1. The first-order chi connectivity index (χ1) is 15.3. The zero-order valence-electron chi connectivity index (χ0n) is 18.8. The molecule has 2 heterocycles. The van der Waals surface area contributed by atoms with Gasteiger partial charge < -0.3 is 19.8 Å². The highest BCUT2D eigenvalue weighted by Gasteiger charge is 2.42. The van der Waals surface area contributed by atoms with E-state index < -0.39 is 6.04 Å². The molecular formula is C25H29N3O4. The van der Waals surface area contributed by atoms with Crippen molar-refractivity contribution >= 4 is 5.91 Å². The Morgan fingerprint density at radius 2 is 1.97 bits per heavy atom. The Hall–Kier alpha value is -3.32. The summed E-state index contributed by atoms with van der Waals surface area (Å²) in [4.78, 5) is 15.1. The molecular weight excluding hydrogens is 406 g/mol. The van der Waals surface area contributed by atoms with Crippen LogP contribution in [-0.4, -0.2) is 50.5 Å². The van der Waals surface area contributed by atoms with Crippen LogP contribution < -0.4 is 0 Å². The minimum Gasteiger partial charge on any atom is -0.508 e. The van der Waals surface area contributed by atoms with E-state index in [9.17, 15) is 15.0 Å². The molecule has 0 saturated heterocycles. The molecule has 7 heteroatoms. The van der Waals surface area contributed by atoms with Gasteiger partial charge in [0.25, 0.3) is 5.91 Å². The molecule has 1 aliphatic heterocycles. The smallest absolute Gasteiger partial charge is 0.273 e. The van der Waals surface area contributed by atoms with Gasteiger partial charge >= 0.3 is 0 Å². The summed E-state index contributed by atoms with van der Waals surface area (Å²) < 4.78 is 5.66. The van der Waals surface area contributed by atoms with Crippen molar-refractivity contribution in [3.05, 3.63) is 64.3 Å². The zero-order chi connectivity index (χ0) is 23.0. The third kappa shape index (κ3) is 3.96. The number of nitrogens with zero attached hydrogens (tertiary/aromatic N) is 2. The number of phenolic OH excluding ortho intramolecular Hbond substituents is 2. The number of hydrogen-bond donors (Lipinski definition) is 3. The van der Waals surface area contributed by atoms with Gasteiger partial charge in [0, 0.05) is 24.3 Å². The number of ether oxygens (including phenoxy) is 1. The van der Waals surface area contributed by atoms with Crippen LogP contribution in [0.25, 0.3) is 11.3 Å². The van der Waals surface area contributed by atoms with Crippen LogP contribution in [0.4, 0.5) is 0 Å². The average Bonchev–Trinajstić information content (AvgIpc) is 3.27. The van der Waals surface area contributed by atoms with E-state index in [1.54, 1.807) is 23.1 Å². The van der Waals surface area contributed by atoms with Crippen LogP contribution in [0, 0.1) is 13.8 Å². The molecule has 1 aliphatic rings. The van der Waals surface area contributed by atoms with E-state index in [0.29, 0.717) is 42.1 Å². The first-order valence-corrected chi connectivity index (χ1v) is 10.9. The highest BCUT2D eigenvalue weighted by Crippen LogP contribution is 2.45. The fourth-order valence-corrected chi connectivity index (χ4v) is 4.37. The number of amides is 1. The highest BCUT2D eigenvalue weighted by atomic mass is 16.5. The third-order valence-electron chi connectivity index (χ3n) is 5.74. The summed E-state index contributed by atoms with van der Waals surface area (Å²) in [6.45, 7) is 8.81. The number of fused-ring (bicyclic) bond motifs is 1. The topological polar surface area (TPSA) is 98.7 Å². The summed E-state index contributed by atoms with van der Waals surface area (Å²) in [5.74, 6) is 0.127. The van der Waals surface area contributed by atoms with Crippen LogP contribution in [0.3, 0.4) is 0 Å². The maximum atomic E-state index is 13.3. The van der Waals surface area contributed by atoms with Gasteiger partial charge in [-0.25, -0.2) is 0 Å². The van der Waals surface area contributed by atoms with Gasteiger partial charge in [0.1, 0.15) is 22.9 Å². The monoisotopic (exact) mass is 435 g/mol. The lowest BCUT2D eigenvalue weighted by Gasteiger charge is -2.26. The summed E-state index contributed by atoms with van der Waals surface area (Å²) in [5.41, 5.74) is 4.79. The van der Waals surface area contributed by atoms with Crippen molar-refractivity contribution in [1.82, 2.24) is 15.1 Å². The molecule has 0 bridgehead atoms. The summed E-state index contributed by atoms with van der Waals surface area (Å²) >= 11 is 0. The van der Waals surface area contributed by atoms with Gasteiger partial charge in [0.05, 0.1) is 12.1 Å². The number of carbonyl (C=O) groups is 1. The Labute approximate surface area is 187 Å². The Morgan fingerprint density at radius 3 is 2.69 bits per heavy atom. The van der Waals surface area contributed by atoms with Crippen molar-refractivity contribution in [2.24, 2.45) is 0 Å². The number of aromatic hydroxyl groups is 2. The van der Waals surface area contributed by atoms with Gasteiger partial charge in [0.15, 0.2) is 0 Å². The average molecular weight is 436 g/mol. The molecule has 7 nitrogen and oxygen atoms in total. The second-order valence-corrected chi connectivity index (χ2v) is 8.61. The molecule has 0 aliphatic carbocycles. The van der Waals surface area contributed by atoms with Crippen molar-refractivity contribution in [2.75, 3.05) is 13.2 Å². The van der Waals surface area contributed by atoms with Crippen LogP contribution in [0.1, 0.15) is 59.1 Å². The molecule has 1 atom stereocenters. The molecule has 1 aromatic heterocycles. The van der Waals surface area contributed by atoms with Crippen LogP contribution in [0.5, 0.6) is 11.5 Å². The molecule has 0 saturated carbocycles. The number of aromatic amines is 1. The number of benzene rings is 2. The first-order valence-electron chi connectivity index (χ1n) is 10.9. The van der Waals surface area contributed by atoms with Crippen LogP contribution in [0.15, 0.2) is 36.4 Å². The molecule has 32 heavy (non-hydrogen) atoms. The number of H-pyrrole nitrogens is 1. The number of aryl methyl sites for hydroxylation is 2. The Bertz CT molecular complexity index is 1150. The van der Waals surface area contributed by atoms with Crippen molar-refractivity contribution in [1.29, 1.82) is 0 Å². The lowest BCUT2D eigenvalue weighted by atomic mass is 9.94. The van der Waals surface area contributed by atoms with E-state index in [0.717, 1.165) is 16.7 Å². The molecule has 4 rings (SSSR count). The van der Waals surface area contributed by atoms with E-state index in [4.69, 9.17) is 4.74 Å². The van der Waals surface area contributed by atoms with Crippen LogP contribution in [-0.2, 0) is 4.74 Å². The molecule has 1 unspecified atom stereocenters.